The second-order valence-corrected chi connectivity index (χ2v) is 7.67. The Morgan fingerprint density at radius 3 is 2.43 bits per heavy atom. The Labute approximate surface area is 161 Å². The lowest BCUT2D eigenvalue weighted by Gasteiger charge is -2.11. The zero-order valence-corrected chi connectivity index (χ0v) is 16.0. The Morgan fingerprint density at radius 1 is 1.11 bits per heavy atom. The van der Waals surface area contributed by atoms with Crippen LogP contribution in [0.15, 0.2) is 53.1 Å². The number of sulfonamides is 1. The van der Waals surface area contributed by atoms with Crippen LogP contribution in [0.25, 0.3) is 0 Å². The number of hydrogen-bond donors (Lipinski definition) is 2. The first-order chi connectivity index (χ1) is 13.3. The quantitative estimate of drug-likeness (QED) is 0.622. The number of para-hydroxylation sites is 1. The topological polar surface area (TPSA) is 123 Å². The Morgan fingerprint density at radius 2 is 1.79 bits per heavy atom. The first-order valence-electron chi connectivity index (χ1n) is 8.20. The average Bonchev–Trinajstić information content (AvgIpc) is 3.06. The Hall–Kier alpha value is -3.40. The van der Waals surface area contributed by atoms with Crippen molar-refractivity contribution in [3.63, 3.8) is 0 Å². The predicted octanol–water partition coefficient (Wildman–Crippen LogP) is 2.58. The van der Waals surface area contributed by atoms with Crippen molar-refractivity contribution in [2.75, 3.05) is 16.3 Å². The highest BCUT2D eigenvalue weighted by Crippen LogP contribution is 2.21. The van der Waals surface area contributed by atoms with E-state index >= 15 is 0 Å². The van der Waals surface area contributed by atoms with Gasteiger partial charge in [-0.25, -0.2) is 8.42 Å². The zero-order valence-electron chi connectivity index (χ0n) is 15.2. The molecule has 0 aliphatic heterocycles. The van der Waals surface area contributed by atoms with E-state index in [9.17, 15) is 13.2 Å². The summed E-state index contributed by atoms with van der Waals surface area (Å²) in [5.74, 6) is 0.807. The molecule has 0 radical (unpaired) electrons. The molecular weight excluding hydrogens is 384 g/mol. The number of nitrogens with zero attached hydrogens (tertiary/aromatic N) is 2. The fourth-order valence-electron chi connectivity index (χ4n) is 2.36. The van der Waals surface area contributed by atoms with Crippen LogP contribution in [0, 0.1) is 6.92 Å². The van der Waals surface area contributed by atoms with Crippen LogP contribution in [-0.4, -0.2) is 30.7 Å². The molecule has 0 unspecified atom stereocenters. The molecule has 9 nitrogen and oxygen atoms in total. The SMILES string of the molecule is Cc1nc(COc2ccccc2C(=O)Nc2ccc(NS(C)(=O)=O)cc2)no1. The van der Waals surface area contributed by atoms with E-state index in [0.717, 1.165) is 6.26 Å². The molecule has 3 rings (SSSR count). The minimum Gasteiger partial charge on any atom is -0.485 e. The van der Waals surface area contributed by atoms with Gasteiger partial charge in [0.05, 0.1) is 11.8 Å². The smallest absolute Gasteiger partial charge is 0.259 e. The van der Waals surface area contributed by atoms with E-state index in [4.69, 9.17) is 9.26 Å². The highest BCUT2D eigenvalue weighted by atomic mass is 32.2. The van der Waals surface area contributed by atoms with Crippen molar-refractivity contribution in [2.24, 2.45) is 0 Å². The minimum absolute atomic E-state index is 0.0630. The maximum atomic E-state index is 12.6. The van der Waals surface area contributed by atoms with Gasteiger partial charge in [-0.2, -0.15) is 4.98 Å². The number of nitrogens with one attached hydrogen (secondary N) is 2. The molecule has 0 atom stereocenters. The molecule has 2 aromatic carbocycles. The molecule has 146 valence electrons. The van der Waals surface area contributed by atoms with Gasteiger partial charge >= 0.3 is 0 Å². The molecule has 0 fully saturated rings. The second-order valence-electron chi connectivity index (χ2n) is 5.92. The van der Waals surface area contributed by atoms with Gasteiger partial charge in [0.1, 0.15) is 5.75 Å². The number of carbonyl (C=O) groups excluding carboxylic acids is 1. The Kier molecular flexibility index (Phi) is 5.59. The monoisotopic (exact) mass is 402 g/mol. The van der Waals surface area contributed by atoms with Crippen LogP contribution in [0.1, 0.15) is 22.1 Å². The summed E-state index contributed by atoms with van der Waals surface area (Å²) in [7, 11) is -3.36. The van der Waals surface area contributed by atoms with Crippen molar-refractivity contribution in [1.29, 1.82) is 0 Å². The molecule has 2 N–H and O–H groups in total. The third kappa shape index (κ3) is 5.30. The molecule has 10 heteroatoms. The molecule has 0 spiro atoms. The van der Waals surface area contributed by atoms with Crippen molar-refractivity contribution in [2.45, 2.75) is 13.5 Å². The van der Waals surface area contributed by atoms with E-state index in [2.05, 4.69) is 20.2 Å². The first-order valence-corrected chi connectivity index (χ1v) is 10.1. The van der Waals surface area contributed by atoms with Crippen LogP contribution in [0.2, 0.25) is 0 Å². The van der Waals surface area contributed by atoms with E-state index in [0.29, 0.717) is 34.4 Å². The summed E-state index contributed by atoms with van der Waals surface area (Å²) < 4.78 is 35.4. The Bertz CT molecular complexity index is 1080. The van der Waals surface area contributed by atoms with Crippen molar-refractivity contribution in [1.82, 2.24) is 10.1 Å². The fraction of sp³-hybridized carbons (Fsp3) is 0.167. The summed E-state index contributed by atoms with van der Waals surface area (Å²) in [5, 5.41) is 6.49. The van der Waals surface area contributed by atoms with Gasteiger partial charge in [-0.3, -0.25) is 9.52 Å². The highest BCUT2D eigenvalue weighted by Gasteiger charge is 2.14. The molecule has 1 amide bonds. The van der Waals surface area contributed by atoms with E-state index in [1.54, 1.807) is 55.5 Å². The molecule has 0 aliphatic rings. The molecular formula is C18H18N4O5S. The summed E-state index contributed by atoms with van der Waals surface area (Å²) in [6.45, 7) is 1.74. The first kappa shape index (κ1) is 19.4. The lowest BCUT2D eigenvalue weighted by atomic mass is 10.2. The van der Waals surface area contributed by atoms with Crippen LogP contribution >= 0.6 is 0 Å². The number of aromatic nitrogens is 2. The molecule has 28 heavy (non-hydrogen) atoms. The lowest BCUT2D eigenvalue weighted by molar-refractivity contribution is 0.102. The van der Waals surface area contributed by atoms with Crippen LogP contribution in [0.5, 0.6) is 5.75 Å². The lowest BCUT2D eigenvalue weighted by Crippen LogP contribution is -2.14. The maximum Gasteiger partial charge on any atom is 0.259 e. The standard InChI is InChI=1S/C18H18N4O5S/c1-12-19-17(21-27-12)11-26-16-6-4-3-5-15(16)18(23)20-13-7-9-14(10-8-13)22-28(2,24)25/h3-10,22H,11H2,1-2H3,(H,20,23). The van der Waals surface area contributed by atoms with Gasteiger partial charge in [-0.1, -0.05) is 17.3 Å². The molecule has 1 heterocycles. The normalized spacial score (nSPS) is 11.1. The predicted molar refractivity (Wildman–Crippen MR) is 103 cm³/mol. The van der Waals surface area contributed by atoms with E-state index in [1.807, 2.05) is 0 Å². The van der Waals surface area contributed by atoms with Crippen LogP contribution in [-0.2, 0) is 16.6 Å². The largest absolute Gasteiger partial charge is 0.485 e. The van der Waals surface area contributed by atoms with Gasteiger partial charge in [0.25, 0.3) is 5.91 Å². The van der Waals surface area contributed by atoms with Crippen molar-refractivity contribution >= 4 is 27.3 Å². The number of hydrogen-bond acceptors (Lipinski definition) is 7. The number of amides is 1. The zero-order chi connectivity index (χ0) is 20.1. The molecule has 0 bridgehead atoms. The third-order valence-corrected chi connectivity index (χ3v) is 4.11. The van der Waals surface area contributed by atoms with Crippen LogP contribution < -0.4 is 14.8 Å². The van der Waals surface area contributed by atoms with Crippen LogP contribution in [0.4, 0.5) is 11.4 Å². The van der Waals surface area contributed by atoms with Gasteiger partial charge < -0.3 is 14.6 Å². The van der Waals surface area contributed by atoms with Gasteiger partial charge in [0.2, 0.25) is 21.7 Å². The fourth-order valence-corrected chi connectivity index (χ4v) is 2.92. The summed E-state index contributed by atoms with van der Waals surface area (Å²) in [5.41, 5.74) is 1.24. The average molecular weight is 402 g/mol. The van der Waals surface area contributed by atoms with Gasteiger partial charge in [-0.15, -0.1) is 0 Å². The van der Waals surface area contributed by atoms with E-state index in [-0.39, 0.29) is 12.5 Å². The highest BCUT2D eigenvalue weighted by molar-refractivity contribution is 7.92. The summed E-state index contributed by atoms with van der Waals surface area (Å²) in [6.07, 6.45) is 1.06. The minimum atomic E-state index is -3.36. The number of aryl methyl sites for hydroxylation is 1. The molecule has 0 saturated heterocycles. The summed E-state index contributed by atoms with van der Waals surface area (Å²) in [6, 6.07) is 13.1. The molecule has 3 aromatic rings. The Balaban J connectivity index is 1.68. The van der Waals surface area contributed by atoms with E-state index in [1.165, 1.54) is 0 Å². The maximum absolute atomic E-state index is 12.6. The number of ether oxygens (including phenoxy) is 1. The second kappa shape index (κ2) is 8.09. The number of benzene rings is 2. The molecule has 0 saturated carbocycles. The van der Waals surface area contributed by atoms with Crippen LogP contribution in [0.3, 0.4) is 0 Å². The van der Waals surface area contributed by atoms with Crippen molar-refractivity contribution in [3.8, 4) is 5.75 Å². The summed E-state index contributed by atoms with van der Waals surface area (Å²) >= 11 is 0. The number of rotatable bonds is 7. The number of carbonyl (C=O) groups is 1. The third-order valence-electron chi connectivity index (χ3n) is 3.50. The number of anilines is 2. The van der Waals surface area contributed by atoms with Gasteiger partial charge in [-0.05, 0) is 36.4 Å². The van der Waals surface area contributed by atoms with Crippen molar-refractivity contribution in [3.05, 3.63) is 65.8 Å². The van der Waals surface area contributed by atoms with Gasteiger partial charge in [0, 0.05) is 18.3 Å². The molecule has 1 aromatic heterocycles. The van der Waals surface area contributed by atoms with Gasteiger partial charge in [0.15, 0.2) is 6.61 Å². The molecule has 0 aliphatic carbocycles. The summed E-state index contributed by atoms with van der Waals surface area (Å²) in [4.78, 5) is 16.7. The van der Waals surface area contributed by atoms with Crippen molar-refractivity contribution < 1.29 is 22.5 Å². The van der Waals surface area contributed by atoms with E-state index < -0.39 is 10.0 Å².